The van der Waals surface area contributed by atoms with E-state index in [2.05, 4.69) is 10.1 Å². The van der Waals surface area contributed by atoms with Gasteiger partial charge in [0.1, 0.15) is 24.3 Å². The topological polar surface area (TPSA) is 30.7 Å². The van der Waals surface area contributed by atoms with Gasteiger partial charge in [-0.15, -0.1) is 0 Å². The van der Waals surface area contributed by atoms with Crippen molar-refractivity contribution in [3.05, 3.63) is 42.0 Å². The van der Waals surface area contributed by atoms with E-state index in [4.69, 9.17) is 0 Å². The highest BCUT2D eigenvalue weighted by Crippen LogP contribution is 2.24. The Hall–Kier alpha value is -1.78. The van der Waals surface area contributed by atoms with Gasteiger partial charge in [0.15, 0.2) is 0 Å². The molecule has 0 unspecified atom stereocenters. The van der Waals surface area contributed by atoms with E-state index in [0.29, 0.717) is 5.69 Å². The van der Waals surface area contributed by atoms with Crippen LogP contribution in [0, 0.1) is 11.6 Å². The van der Waals surface area contributed by atoms with Crippen LogP contribution in [0.5, 0.6) is 0 Å². The zero-order valence-electron chi connectivity index (χ0n) is 8.98. The van der Waals surface area contributed by atoms with Crippen molar-refractivity contribution in [2.45, 2.75) is 19.8 Å². The van der Waals surface area contributed by atoms with Gasteiger partial charge in [0, 0.05) is 17.7 Å². The molecule has 0 bridgehead atoms. The number of nitrogens with zero attached hydrogens (tertiary/aromatic N) is 3. The van der Waals surface area contributed by atoms with Crippen LogP contribution in [0.2, 0.25) is 0 Å². The molecule has 0 radical (unpaired) electrons. The van der Waals surface area contributed by atoms with Crippen LogP contribution in [-0.4, -0.2) is 14.8 Å². The summed E-state index contributed by atoms with van der Waals surface area (Å²) in [5, 5.41) is 3.82. The second-order valence-corrected chi connectivity index (χ2v) is 3.82. The molecule has 1 heterocycles. The van der Waals surface area contributed by atoms with Crippen LogP contribution < -0.4 is 0 Å². The predicted molar refractivity (Wildman–Crippen MR) is 55.4 cm³/mol. The molecule has 0 N–H and O–H groups in total. The summed E-state index contributed by atoms with van der Waals surface area (Å²) in [6.07, 6.45) is 2.70. The number of rotatable bonds is 2. The minimum Gasteiger partial charge on any atom is -0.223 e. The molecule has 1 aromatic carbocycles. The summed E-state index contributed by atoms with van der Waals surface area (Å²) in [5.41, 5.74) is 0.431. The van der Waals surface area contributed by atoms with Gasteiger partial charge in [-0.1, -0.05) is 13.8 Å². The summed E-state index contributed by atoms with van der Waals surface area (Å²) in [7, 11) is 0. The largest absolute Gasteiger partial charge is 0.223 e. The molecule has 84 valence electrons. The number of aromatic nitrogens is 3. The zero-order chi connectivity index (χ0) is 11.7. The van der Waals surface area contributed by atoms with Crippen molar-refractivity contribution in [3.63, 3.8) is 0 Å². The lowest BCUT2D eigenvalue weighted by Gasteiger charge is -2.10. The molecule has 0 amide bonds. The Morgan fingerprint density at radius 2 is 1.81 bits per heavy atom. The van der Waals surface area contributed by atoms with Crippen LogP contribution >= 0.6 is 0 Å². The van der Waals surface area contributed by atoms with E-state index in [9.17, 15) is 8.78 Å². The van der Waals surface area contributed by atoms with Crippen molar-refractivity contribution in [1.29, 1.82) is 0 Å². The van der Waals surface area contributed by atoms with Crippen LogP contribution in [0.15, 0.2) is 24.8 Å². The number of halogens is 2. The summed E-state index contributed by atoms with van der Waals surface area (Å²) < 4.78 is 28.6. The lowest BCUT2D eigenvalue weighted by Crippen LogP contribution is -2.02. The molecule has 5 heteroatoms. The predicted octanol–water partition coefficient (Wildman–Crippen LogP) is 2.67. The lowest BCUT2D eigenvalue weighted by molar-refractivity contribution is 0.539. The summed E-state index contributed by atoms with van der Waals surface area (Å²) in [6.45, 7) is 3.49. The number of hydrogen-bond acceptors (Lipinski definition) is 2. The van der Waals surface area contributed by atoms with Crippen molar-refractivity contribution in [3.8, 4) is 5.69 Å². The van der Waals surface area contributed by atoms with Crippen LogP contribution in [0.3, 0.4) is 0 Å². The fraction of sp³-hybridized carbons (Fsp3) is 0.273. The highest BCUT2D eigenvalue weighted by atomic mass is 19.1. The molecule has 0 saturated carbocycles. The summed E-state index contributed by atoms with van der Waals surface area (Å²) in [5.74, 6) is -1.30. The van der Waals surface area contributed by atoms with Crippen molar-refractivity contribution < 1.29 is 8.78 Å². The Balaban J connectivity index is 2.53. The molecule has 0 atom stereocenters. The van der Waals surface area contributed by atoms with Crippen LogP contribution in [-0.2, 0) is 0 Å². The Bertz CT molecular complexity index is 469. The maximum Gasteiger partial charge on any atom is 0.138 e. The Morgan fingerprint density at radius 1 is 1.19 bits per heavy atom. The minimum atomic E-state index is -0.555. The molecule has 0 aliphatic rings. The molecule has 2 aromatic rings. The third kappa shape index (κ3) is 1.80. The summed E-state index contributed by atoms with van der Waals surface area (Å²) >= 11 is 0. The summed E-state index contributed by atoms with van der Waals surface area (Å²) in [4.78, 5) is 3.72. The van der Waals surface area contributed by atoms with Gasteiger partial charge in [-0.05, 0) is 5.92 Å². The average Bonchev–Trinajstić information content (AvgIpc) is 2.67. The van der Waals surface area contributed by atoms with Gasteiger partial charge in [0.2, 0.25) is 0 Å². The molecule has 0 spiro atoms. The van der Waals surface area contributed by atoms with Crippen LogP contribution in [0.1, 0.15) is 25.3 Å². The third-order valence-corrected chi connectivity index (χ3v) is 2.32. The molecular weight excluding hydrogens is 212 g/mol. The van der Waals surface area contributed by atoms with Crippen molar-refractivity contribution in [2.75, 3.05) is 0 Å². The number of hydrogen-bond donors (Lipinski definition) is 0. The smallest absolute Gasteiger partial charge is 0.138 e. The van der Waals surface area contributed by atoms with E-state index in [1.807, 2.05) is 0 Å². The van der Waals surface area contributed by atoms with Crippen LogP contribution in [0.25, 0.3) is 5.69 Å². The first-order chi connectivity index (χ1) is 7.59. The molecule has 2 rings (SSSR count). The second-order valence-electron chi connectivity index (χ2n) is 3.82. The first-order valence-corrected chi connectivity index (χ1v) is 4.93. The average molecular weight is 223 g/mol. The number of benzene rings is 1. The third-order valence-electron chi connectivity index (χ3n) is 2.32. The molecule has 3 nitrogen and oxygen atoms in total. The van der Waals surface area contributed by atoms with Crippen molar-refractivity contribution >= 4 is 0 Å². The SMILES string of the molecule is CC(C)c1c(F)cc(-n2cncn2)cc1F. The highest BCUT2D eigenvalue weighted by molar-refractivity contribution is 5.37. The second kappa shape index (κ2) is 4.00. The Morgan fingerprint density at radius 3 is 2.25 bits per heavy atom. The molecule has 0 aliphatic carbocycles. The Labute approximate surface area is 91.7 Å². The lowest BCUT2D eigenvalue weighted by atomic mass is 10.0. The van der Waals surface area contributed by atoms with E-state index in [-0.39, 0.29) is 11.5 Å². The van der Waals surface area contributed by atoms with E-state index in [0.717, 1.165) is 0 Å². The maximum atomic E-state index is 13.7. The molecule has 0 fully saturated rings. The van der Waals surface area contributed by atoms with Gasteiger partial charge in [-0.25, -0.2) is 18.4 Å². The normalized spacial score (nSPS) is 11.1. The zero-order valence-corrected chi connectivity index (χ0v) is 8.98. The maximum absolute atomic E-state index is 13.7. The van der Waals surface area contributed by atoms with E-state index in [1.165, 1.54) is 29.5 Å². The first-order valence-electron chi connectivity index (χ1n) is 4.93. The Kier molecular flexibility index (Phi) is 2.68. The van der Waals surface area contributed by atoms with Gasteiger partial charge >= 0.3 is 0 Å². The van der Waals surface area contributed by atoms with Gasteiger partial charge in [0.25, 0.3) is 0 Å². The fourth-order valence-corrected chi connectivity index (χ4v) is 1.60. The standard InChI is InChI=1S/C11H11F2N3/c1-7(2)11-9(12)3-8(4-10(11)13)16-6-14-5-15-16/h3-7H,1-2H3. The van der Waals surface area contributed by atoms with Crippen molar-refractivity contribution in [1.82, 2.24) is 14.8 Å². The van der Waals surface area contributed by atoms with Gasteiger partial charge in [-0.2, -0.15) is 5.10 Å². The summed E-state index contributed by atoms with van der Waals surface area (Å²) in [6, 6.07) is 2.51. The van der Waals surface area contributed by atoms with E-state index >= 15 is 0 Å². The quantitative estimate of drug-likeness (QED) is 0.783. The first kappa shape index (κ1) is 10.7. The molecular formula is C11H11F2N3. The molecule has 16 heavy (non-hydrogen) atoms. The van der Waals surface area contributed by atoms with Gasteiger partial charge < -0.3 is 0 Å². The van der Waals surface area contributed by atoms with E-state index in [1.54, 1.807) is 13.8 Å². The van der Waals surface area contributed by atoms with Gasteiger partial charge in [-0.3, -0.25) is 0 Å². The van der Waals surface area contributed by atoms with Crippen molar-refractivity contribution in [2.24, 2.45) is 0 Å². The highest BCUT2D eigenvalue weighted by Gasteiger charge is 2.15. The molecule has 0 saturated heterocycles. The minimum absolute atomic E-state index is 0.101. The monoisotopic (exact) mass is 223 g/mol. The molecule has 1 aromatic heterocycles. The fourth-order valence-electron chi connectivity index (χ4n) is 1.60. The van der Waals surface area contributed by atoms with E-state index < -0.39 is 11.6 Å². The van der Waals surface area contributed by atoms with Gasteiger partial charge in [0.05, 0.1) is 5.69 Å². The molecule has 0 aliphatic heterocycles. The van der Waals surface area contributed by atoms with Crippen LogP contribution in [0.4, 0.5) is 8.78 Å².